The number of H-pyrrole nitrogens is 2. The highest BCUT2D eigenvalue weighted by Gasteiger charge is 2.32. The third kappa shape index (κ3) is 7.87. The number of nitrogens with zero attached hydrogens (tertiary/aromatic N) is 2. The van der Waals surface area contributed by atoms with Crippen molar-refractivity contribution in [1.82, 2.24) is 30.7 Å². The van der Waals surface area contributed by atoms with Gasteiger partial charge in [0, 0.05) is 13.0 Å². The summed E-state index contributed by atoms with van der Waals surface area (Å²) in [6.45, 7) is 5.72. The van der Waals surface area contributed by atoms with E-state index in [-0.39, 0.29) is 54.1 Å². The van der Waals surface area contributed by atoms with Crippen LogP contribution in [0.2, 0.25) is 0 Å². The van der Waals surface area contributed by atoms with Crippen molar-refractivity contribution in [3.05, 3.63) is 10.5 Å². The minimum Gasteiger partial charge on any atom is -0.349 e. The molecule has 1 aliphatic heterocycles. The molecule has 29 heavy (non-hydrogen) atoms. The van der Waals surface area contributed by atoms with E-state index in [1.54, 1.807) is 0 Å². The lowest BCUT2D eigenvalue weighted by Gasteiger charge is -2.35. The number of carbonyl (C=O) groups is 3. The molecule has 2 heterocycles. The Morgan fingerprint density at radius 1 is 1.31 bits per heavy atom. The number of carbonyl (C=O) groups excluding carboxylic acids is 3. The number of hydrogen-bond donors (Lipinski definition) is 4. The molecule has 2 unspecified atom stereocenters. The molecule has 1 saturated heterocycles. The van der Waals surface area contributed by atoms with E-state index in [1.807, 2.05) is 20.8 Å². The predicted molar refractivity (Wildman–Crippen MR) is 105 cm³/mol. The van der Waals surface area contributed by atoms with E-state index >= 15 is 0 Å². The van der Waals surface area contributed by atoms with E-state index in [0.717, 1.165) is 11.8 Å². The predicted octanol–water partition coefficient (Wildman–Crippen LogP) is -0.202. The molecule has 2 rings (SSSR count). The molecule has 0 bridgehead atoms. The summed E-state index contributed by atoms with van der Waals surface area (Å²) in [6.07, 6.45) is -0.841. The van der Waals surface area contributed by atoms with Crippen LogP contribution in [0.3, 0.4) is 0 Å². The van der Waals surface area contributed by atoms with Crippen molar-refractivity contribution in [3.8, 4) is 0 Å². The molecule has 162 valence electrons. The van der Waals surface area contributed by atoms with Gasteiger partial charge in [-0.3, -0.25) is 19.4 Å². The lowest BCUT2D eigenvalue weighted by atomic mass is 9.92. The number of likely N-dealkylation sites (tertiary alicyclic amines) is 1. The summed E-state index contributed by atoms with van der Waals surface area (Å²) in [5.41, 5.74) is -0.649. The third-order valence-electron chi connectivity index (χ3n) is 4.19. The van der Waals surface area contributed by atoms with Gasteiger partial charge in [-0.15, -0.1) is 5.10 Å². The van der Waals surface area contributed by atoms with Crippen LogP contribution in [0.4, 0.5) is 4.39 Å². The second kappa shape index (κ2) is 9.90. The summed E-state index contributed by atoms with van der Waals surface area (Å²) in [5, 5.41) is 11.3. The summed E-state index contributed by atoms with van der Waals surface area (Å²) >= 11 is 1.05. The van der Waals surface area contributed by atoms with Gasteiger partial charge in [0.2, 0.25) is 17.7 Å². The quantitative estimate of drug-likeness (QED) is 0.442. The zero-order chi connectivity index (χ0) is 21.6. The van der Waals surface area contributed by atoms with Crippen LogP contribution in [0.1, 0.15) is 33.6 Å². The summed E-state index contributed by atoms with van der Waals surface area (Å²) in [6, 6.07) is -0.707. The van der Waals surface area contributed by atoms with Crippen LogP contribution in [0, 0.1) is 5.41 Å². The number of halogens is 1. The van der Waals surface area contributed by atoms with E-state index in [2.05, 4.69) is 25.8 Å². The number of alkyl halides is 1. The van der Waals surface area contributed by atoms with Gasteiger partial charge in [0.1, 0.15) is 6.17 Å². The third-order valence-corrected chi connectivity index (χ3v) is 5.05. The standard InChI is InChI=1S/C17H27FN6O4S/c1-17(2,3)6-12(25)19-7-13(26)20-11-4-5-24(8-10(11)18)14(27)9-29-16-21-15(28)22-23-16/h10-11H,4-9H2,1-3H3,(H,19,25)(H,20,26)(H2,21,22,23,28). The number of aromatic amines is 2. The minimum atomic E-state index is -1.41. The molecule has 1 fully saturated rings. The fraction of sp³-hybridized carbons (Fsp3) is 0.706. The van der Waals surface area contributed by atoms with E-state index in [0.29, 0.717) is 6.54 Å². The van der Waals surface area contributed by atoms with Crippen LogP contribution in [-0.4, -0.2) is 75.4 Å². The maximum atomic E-state index is 14.4. The van der Waals surface area contributed by atoms with Crippen LogP contribution < -0.4 is 16.3 Å². The molecule has 1 aromatic heterocycles. The van der Waals surface area contributed by atoms with Gasteiger partial charge in [0.15, 0.2) is 5.16 Å². The maximum absolute atomic E-state index is 14.4. The van der Waals surface area contributed by atoms with Gasteiger partial charge in [-0.2, -0.15) is 0 Å². The van der Waals surface area contributed by atoms with Gasteiger partial charge in [-0.1, -0.05) is 32.5 Å². The van der Waals surface area contributed by atoms with Crippen molar-refractivity contribution in [2.45, 2.75) is 51.0 Å². The molecule has 3 amide bonds. The van der Waals surface area contributed by atoms with Crippen LogP contribution >= 0.6 is 11.8 Å². The zero-order valence-corrected chi connectivity index (χ0v) is 17.5. The Balaban J connectivity index is 1.72. The molecule has 2 atom stereocenters. The first kappa shape index (κ1) is 22.9. The molecule has 1 aromatic rings. The number of aromatic nitrogens is 3. The Hall–Kier alpha value is -2.37. The Morgan fingerprint density at radius 3 is 2.62 bits per heavy atom. The van der Waals surface area contributed by atoms with Gasteiger partial charge in [-0.25, -0.2) is 14.3 Å². The van der Waals surface area contributed by atoms with Crippen molar-refractivity contribution < 1.29 is 18.8 Å². The van der Waals surface area contributed by atoms with Crippen LogP contribution in [0.15, 0.2) is 9.95 Å². The largest absolute Gasteiger partial charge is 0.349 e. The molecule has 0 saturated carbocycles. The topological polar surface area (TPSA) is 140 Å². The van der Waals surface area contributed by atoms with Crippen molar-refractivity contribution >= 4 is 29.5 Å². The van der Waals surface area contributed by atoms with Gasteiger partial charge >= 0.3 is 5.69 Å². The Labute approximate surface area is 171 Å². The number of nitrogens with one attached hydrogen (secondary N) is 4. The second-order valence-electron chi connectivity index (χ2n) is 8.10. The van der Waals surface area contributed by atoms with Crippen molar-refractivity contribution in [2.24, 2.45) is 5.41 Å². The van der Waals surface area contributed by atoms with E-state index < -0.39 is 23.8 Å². The molecule has 1 aliphatic rings. The first-order chi connectivity index (χ1) is 13.5. The summed E-state index contributed by atoms with van der Waals surface area (Å²) in [4.78, 5) is 50.7. The Kier molecular flexibility index (Phi) is 7.82. The fourth-order valence-corrected chi connectivity index (χ4v) is 3.54. The van der Waals surface area contributed by atoms with Gasteiger partial charge in [0.05, 0.1) is 24.9 Å². The van der Waals surface area contributed by atoms with E-state index in [4.69, 9.17) is 0 Å². The number of rotatable bonds is 7. The average molecular weight is 431 g/mol. The molecule has 4 N–H and O–H groups in total. The highest BCUT2D eigenvalue weighted by molar-refractivity contribution is 7.99. The fourth-order valence-electron chi connectivity index (χ4n) is 2.82. The highest BCUT2D eigenvalue weighted by Crippen LogP contribution is 2.18. The molecular weight excluding hydrogens is 403 g/mol. The van der Waals surface area contributed by atoms with E-state index in [9.17, 15) is 23.6 Å². The average Bonchev–Trinajstić information content (AvgIpc) is 3.03. The van der Waals surface area contributed by atoms with Crippen molar-refractivity contribution in [3.63, 3.8) is 0 Å². The highest BCUT2D eigenvalue weighted by atomic mass is 32.2. The van der Waals surface area contributed by atoms with Gasteiger partial charge < -0.3 is 15.5 Å². The number of thioether (sulfide) groups is 1. The molecular formula is C17H27FN6O4S. The van der Waals surface area contributed by atoms with Gasteiger partial charge in [0.25, 0.3) is 0 Å². The van der Waals surface area contributed by atoms with Crippen LogP contribution in [0.25, 0.3) is 0 Å². The number of amides is 3. The number of piperidine rings is 1. The van der Waals surface area contributed by atoms with Crippen molar-refractivity contribution in [1.29, 1.82) is 0 Å². The van der Waals surface area contributed by atoms with Gasteiger partial charge in [-0.05, 0) is 11.8 Å². The van der Waals surface area contributed by atoms with Crippen LogP contribution in [-0.2, 0) is 14.4 Å². The lowest BCUT2D eigenvalue weighted by Crippen LogP contribution is -2.55. The van der Waals surface area contributed by atoms with Crippen LogP contribution in [0.5, 0.6) is 0 Å². The molecule has 12 heteroatoms. The lowest BCUT2D eigenvalue weighted by molar-refractivity contribution is -0.131. The second-order valence-corrected chi connectivity index (χ2v) is 9.07. The SMILES string of the molecule is CC(C)(C)CC(=O)NCC(=O)NC1CCN(C(=O)CSc2n[nH]c(=O)[nH]2)CC1F. The first-order valence-electron chi connectivity index (χ1n) is 9.29. The zero-order valence-electron chi connectivity index (χ0n) is 16.7. The smallest absolute Gasteiger partial charge is 0.341 e. The normalized spacial score (nSPS) is 19.7. The molecule has 10 nitrogen and oxygen atoms in total. The monoisotopic (exact) mass is 430 g/mol. The summed E-state index contributed by atoms with van der Waals surface area (Å²) in [7, 11) is 0. The molecule has 0 aliphatic carbocycles. The molecule has 0 spiro atoms. The Bertz CT molecular complexity index is 789. The Morgan fingerprint density at radius 2 is 2.03 bits per heavy atom. The summed E-state index contributed by atoms with van der Waals surface area (Å²) < 4.78 is 14.4. The number of hydrogen-bond acceptors (Lipinski definition) is 6. The maximum Gasteiger partial charge on any atom is 0.341 e. The minimum absolute atomic E-state index is 0.0182. The van der Waals surface area contributed by atoms with Crippen molar-refractivity contribution in [2.75, 3.05) is 25.4 Å². The first-order valence-corrected chi connectivity index (χ1v) is 10.3. The summed E-state index contributed by atoms with van der Waals surface area (Å²) in [5.74, 6) is -0.955. The van der Waals surface area contributed by atoms with E-state index in [1.165, 1.54) is 4.90 Å². The molecule has 0 radical (unpaired) electrons. The molecule has 0 aromatic carbocycles.